The maximum absolute atomic E-state index is 12.5. The number of carbonyl (C=O) groups excluding carboxylic acids is 2. The number of carbonyl (C=O) groups is 2. The van der Waals surface area contributed by atoms with Crippen LogP contribution in [-0.4, -0.2) is 27.6 Å². The topological polar surface area (TPSA) is 85.1 Å². The molecule has 148 valence electrons. The zero-order valence-corrected chi connectivity index (χ0v) is 16.9. The molecule has 1 amide bonds. The van der Waals surface area contributed by atoms with Crippen molar-refractivity contribution in [2.45, 2.75) is 37.3 Å². The maximum Gasteiger partial charge on any atom is 0.277 e. The first kappa shape index (κ1) is 19.4. The highest BCUT2D eigenvalue weighted by molar-refractivity contribution is 7.99. The monoisotopic (exact) mass is 407 g/mol. The van der Waals surface area contributed by atoms with E-state index in [9.17, 15) is 9.59 Å². The molecule has 1 unspecified atom stereocenters. The van der Waals surface area contributed by atoms with Crippen LogP contribution in [0.1, 0.15) is 46.6 Å². The summed E-state index contributed by atoms with van der Waals surface area (Å²) in [6, 6.07) is 15.6. The molecular formula is C22H21N3O3S. The lowest BCUT2D eigenvalue weighted by molar-refractivity contribution is -0.116. The van der Waals surface area contributed by atoms with Crippen LogP contribution in [0.3, 0.4) is 0 Å². The van der Waals surface area contributed by atoms with E-state index in [4.69, 9.17) is 4.42 Å². The fraction of sp³-hybridized carbons (Fsp3) is 0.273. The lowest BCUT2D eigenvalue weighted by atomic mass is 9.98. The number of rotatable bonds is 7. The van der Waals surface area contributed by atoms with E-state index >= 15 is 0 Å². The summed E-state index contributed by atoms with van der Waals surface area (Å²) in [6.07, 6.45) is 1.76. The van der Waals surface area contributed by atoms with E-state index in [1.807, 2.05) is 24.3 Å². The van der Waals surface area contributed by atoms with Gasteiger partial charge < -0.3 is 9.73 Å². The highest BCUT2D eigenvalue weighted by Gasteiger charge is 2.18. The second-order valence-electron chi connectivity index (χ2n) is 7.11. The average molecular weight is 407 g/mol. The molecule has 4 rings (SSSR count). The van der Waals surface area contributed by atoms with Gasteiger partial charge in [0.1, 0.15) is 0 Å². The van der Waals surface area contributed by atoms with Crippen molar-refractivity contribution < 1.29 is 14.0 Å². The number of benzene rings is 2. The molecule has 6 nitrogen and oxygen atoms in total. The molecule has 1 aliphatic rings. The van der Waals surface area contributed by atoms with Crippen LogP contribution in [0.2, 0.25) is 0 Å². The van der Waals surface area contributed by atoms with E-state index in [1.54, 1.807) is 12.1 Å². The minimum Gasteiger partial charge on any atom is -0.416 e. The second-order valence-corrected chi connectivity index (χ2v) is 8.04. The summed E-state index contributed by atoms with van der Waals surface area (Å²) < 4.78 is 5.71. The number of nitrogens with one attached hydrogen (secondary N) is 1. The highest BCUT2D eigenvalue weighted by Crippen LogP contribution is 2.26. The van der Waals surface area contributed by atoms with Crippen LogP contribution in [0.4, 0.5) is 5.69 Å². The standard InChI is InChI=1S/C22H21N3O3S/c1-14(15-5-3-2-4-6-15)11-21-24-25-22(28-21)29-13-19(26)17-7-9-18-16(12-17)8-10-20(27)23-18/h2-7,9,12,14H,8,10-11,13H2,1H3,(H,23,27). The molecule has 7 heteroatoms. The molecule has 2 aromatic carbocycles. The number of Topliss-reactive ketones (excluding diaryl/α,β-unsaturated/α-hetero) is 1. The molecule has 1 aliphatic heterocycles. The van der Waals surface area contributed by atoms with Gasteiger partial charge in [-0.3, -0.25) is 9.59 Å². The van der Waals surface area contributed by atoms with Crippen molar-refractivity contribution in [3.8, 4) is 0 Å². The SMILES string of the molecule is CC(Cc1nnc(SCC(=O)c2ccc3c(c2)CCC(=O)N3)o1)c1ccccc1. The molecule has 0 spiro atoms. The van der Waals surface area contributed by atoms with E-state index in [0.717, 1.165) is 11.3 Å². The Morgan fingerprint density at radius 3 is 2.83 bits per heavy atom. The Hall–Kier alpha value is -2.93. The van der Waals surface area contributed by atoms with Crippen molar-refractivity contribution in [3.05, 3.63) is 71.1 Å². The molecule has 3 aromatic rings. The van der Waals surface area contributed by atoms with Gasteiger partial charge in [-0.05, 0) is 41.7 Å². The Bertz CT molecular complexity index is 1030. The molecule has 2 heterocycles. The summed E-state index contributed by atoms with van der Waals surface area (Å²) in [5.41, 5.74) is 3.64. The molecule has 0 radical (unpaired) electrons. The van der Waals surface area contributed by atoms with Crippen LogP contribution in [0.25, 0.3) is 0 Å². The Morgan fingerprint density at radius 2 is 2.00 bits per heavy atom. The summed E-state index contributed by atoms with van der Waals surface area (Å²) in [5.74, 6) is 1.07. The van der Waals surface area contributed by atoms with Gasteiger partial charge in [-0.15, -0.1) is 10.2 Å². The zero-order chi connectivity index (χ0) is 20.2. The van der Waals surface area contributed by atoms with Crippen LogP contribution in [-0.2, 0) is 17.6 Å². The summed E-state index contributed by atoms with van der Waals surface area (Å²) in [7, 11) is 0. The van der Waals surface area contributed by atoms with Crippen molar-refractivity contribution in [1.29, 1.82) is 0 Å². The third-order valence-electron chi connectivity index (χ3n) is 4.95. The zero-order valence-electron chi connectivity index (χ0n) is 16.1. The van der Waals surface area contributed by atoms with Crippen LogP contribution in [0.5, 0.6) is 0 Å². The van der Waals surface area contributed by atoms with Gasteiger partial charge in [0.2, 0.25) is 11.8 Å². The van der Waals surface area contributed by atoms with Crippen molar-refractivity contribution in [2.24, 2.45) is 0 Å². The first-order valence-electron chi connectivity index (χ1n) is 9.54. The van der Waals surface area contributed by atoms with Crippen LogP contribution in [0.15, 0.2) is 58.2 Å². The molecule has 0 aliphatic carbocycles. The number of aryl methyl sites for hydroxylation is 1. The molecule has 0 saturated carbocycles. The van der Waals surface area contributed by atoms with Gasteiger partial charge in [0.25, 0.3) is 5.22 Å². The molecule has 1 atom stereocenters. The Morgan fingerprint density at radius 1 is 1.17 bits per heavy atom. The maximum atomic E-state index is 12.5. The van der Waals surface area contributed by atoms with Crippen molar-refractivity contribution in [2.75, 3.05) is 11.1 Å². The highest BCUT2D eigenvalue weighted by atomic mass is 32.2. The predicted octanol–water partition coefficient (Wildman–Crippen LogP) is 4.28. The Labute approximate surface area is 173 Å². The van der Waals surface area contributed by atoms with E-state index in [-0.39, 0.29) is 23.4 Å². The average Bonchev–Trinajstić information content (AvgIpc) is 3.19. The van der Waals surface area contributed by atoms with Crippen LogP contribution in [0, 0.1) is 0 Å². The molecule has 1 aromatic heterocycles. The van der Waals surface area contributed by atoms with Gasteiger partial charge in [-0.1, -0.05) is 49.0 Å². The van der Waals surface area contributed by atoms with Gasteiger partial charge in [0, 0.05) is 24.1 Å². The Balaban J connectivity index is 1.34. The number of ketones is 1. The molecule has 29 heavy (non-hydrogen) atoms. The number of hydrogen-bond acceptors (Lipinski definition) is 6. The molecule has 1 N–H and O–H groups in total. The number of hydrogen-bond donors (Lipinski definition) is 1. The van der Waals surface area contributed by atoms with E-state index < -0.39 is 0 Å². The quantitative estimate of drug-likeness (QED) is 0.465. The van der Waals surface area contributed by atoms with E-state index in [2.05, 4.69) is 34.6 Å². The third-order valence-corrected chi connectivity index (χ3v) is 5.77. The van der Waals surface area contributed by atoms with E-state index in [0.29, 0.717) is 35.9 Å². The van der Waals surface area contributed by atoms with Gasteiger partial charge in [0.05, 0.1) is 5.75 Å². The fourth-order valence-electron chi connectivity index (χ4n) is 3.31. The van der Waals surface area contributed by atoms with Crippen molar-refractivity contribution in [3.63, 3.8) is 0 Å². The minimum absolute atomic E-state index is 0.00731. The molecular weight excluding hydrogens is 386 g/mol. The largest absolute Gasteiger partial charge is 0.416 e. The minimum atomic E-state index is -0.00731. The summed E-state index contributed by atoms with van der Waals surface area (Å²) in [5, 5.41) is 11.4. The van der Waals surface area contributed by atoms with E-state index in [1.165, 1.54) is 17.3 Å². The van der Waals surface area contributed by atoms with Crippen LogP contribution < -0.4 is 5.32 Å². The number of fused-ring (bicyclic) bond motifs is 1. The lowest BCUT2D eigenvalue weighted by Gasteiger charge is -2.17. The summed E-state index contributed by atoms with van der Waals surface area (Å²) >= 11 is 1.25. The number of aromatic nitrogens is 2. The fourth-order valence-corrected chi connectivity index (χ4v) is 3.98. The second kappa shape index (κ2) is 8.61. The smallest absolute Gasteiger partial charge is 0.277 e. The molecule has 0 bridgehead atoms. The summed E-state index contributed by atoms with van der Waals surface area (Å²) in [6.45, 7) is 2.12. The normalized spacial score (nSPS) is 14.2. The van der Waals surface area contributed by atoms with Gasteiger partial charge >= 0.3 is 0 Å². The number of amides is 1. The van der Waals surface area contributed by atoms with Gasteiger partial charge in [0.15, 0.2) is 5.78 Å². The molecule has 0 fully saturated rings. The molecule has 0 saturated heterocycles. The van der Waals surface area contributed by atoms with Crippen molar-refractivity contribution in [1.82, 2.24) is 10.2 Å². The van der Waals surface area contributed by atoms with Crippen molar-refractivity contribution >= 4 is 29.1 Å². The predicted molar refractivity (Wildman–Crippen MR) is 111 cm³/mol. The number of thioether (sulfide) groups is 1. The third kappa shape index (κ3) is 4.74. The Kier molecular flexibility index (Phi) is 5.76. The van der Waals surface area contributed by atoms with Gasteiger partial charge in [-0.25, -0.2) is 0 Å². The summed E-state index contributed by atoms with van der Waals surface area (Å²) in [4.78, 5) is 24.0. The first-order valence-corrected chi connectivity index (χ1v) is 10.5. The number of anilines is 1. The number of nitrogens with zero attached hydrogens (tertiary/aromatic N) is 2. The van der Waals surface area contributed by atoms with Gasteiger partial charge in [-0.2, -0.15) is 0 Å². The van der Waals surface area contributed by atoms with Crippen LogP contribution >= 0.6 is 11.8 Å². The lowest BCUT2D eigenvalue weighted by Crippen LogP contribution is -2.19. The first-order chi connectivity index (χ1) is 14.1.